The first-order valence-electron chi connectivity index (χ1n) is 7.65. The Kier molecular flexibility index (Phi) is 6.86. The summed E-state index contributed by atoms with van der Waals surface area (Å²) in [7, 11) is 0. The van der Waals surface area contributed by atoms with E-state index < -0.39 is 0 Å². The van der Waals surface area contributed by atoms with Crippen molar-refractivity contribution in [3.8, 4) is 0 Å². The van der Waals surface area contributed by atoms with Gasteiger partial charge in [-0.15, -0.1) is 11.8 Å². The van der Waals surface area contributed by atoms with Gasteiger partial charge in [-0.3, -0.25) is 0 Å². The summed E-state index contributed by atoms with van der Waals surface area (Å²) in [6.07, 6.45) is 1.60. The molecular weight excluding hydrogens is 320 g/mol. The Morgan fingerprint density at radius 2 is 2.23 bits per heavy atom. The van der Waals surface area contributed by atoms with Crippen LogP contribution < -0.4 is 5.32 Å². The number of nitrogens with zero attached hydrogens (tertiary/aromatic N) is 1. The molecule has 4 nitrogen and oxygen atoms in total. The Morgan fingerprint density at radius 3 is 2.91 bits per heavy atom. The molecule has 2 N–H and O–H groups in total. The second-order valence-corrected chi connectivity index (χ2v) is 7.23. The second-order valence-electron chi connectivity index (χ2n) is 5.62. The topological polar surface area (TPSA) is 52.6 Å². The lowest BCUT2D eigenvalue weighted by Gasteiger charge is -2.34. The predicted molar refractivity (Wildman–Crippen MR) is 91.6 cm³/mol. The zero-order valence-corrected chi connectivity index (χ0v) is 14.4. The molecule has 1 aromatic carbocycles. The number of aliphatic hydroxyl groups excluding tert-OH is 1. The number of carbonyl (C=O) groups is 1. The Labute approximate surface area is 141 Å². The zero-order chi connectivity index (χ0) is 15.9. The first-order chi connectivity index (χ1) is 10.6. The predicted octanol–water partition coefficient (Wildman–Crippen LogP) is 3.23. The Hall–Kier alpha value is -0.910. The molecule has 1 heterocycles. The summed E-state index contributed by atoms with van der Waals surface area (Å²) in [6.45, 7) is 3.85. The molecule has 1 fully saturated rings. The molecule has 0 bridgehead atoms. The maximum absolute atomic E-state index is 12.1. The molecule has 1 aliphatic heterocycles. The number of rotatable bonds is 5. The molecule has 122 valence electrons. The van der Waals surface area contributed by atoms with Crippen molar-refractivity contribution in [3.05, 3.63) is 29.3 Å². The minimum atomic E-state index is -0.351. The van der Waals surface area contributed by atoms with Gasteiger partial charge in [-0.1, -0.05) is 11.6 Å². The van der Waals surface area contributed by atoms with Gasteiger partial charge in [0.05, 0.1) is 6.10 Å². The molecule has 0 aliphatic carbocycles. The molecule has 1 saturated heterocycles. The minimum Gasteiger partial charge on any atom is -0.393 e. The lowest BCUT2D eigenvalue weighted by molar-refractivity contribution is 0.0741. The molecule has 6 heteroatoms. The minimum absolute atomic E-state index is 0.0259. The Bertz CT molecular complexity index is 482. The highest BCUT2D eigenvalue weighted by molar-refractivity contribution is 7.99. The fourth-order valence-electron chi connectivity index (χ4n) is 2.56. The van der Waals surface area contributed by atoms with Crippen LogP contribution in [0.5, 0.6) is 0 Å². The molecule has 0 saturated carbocycles. The molecule has 0 unspecified atom stereocenters. The largest absolute Gasteiger partial charge is 0.393 e. The van der Waals surface area contributed by atoms with Crippen molar-refractivity contribution >= 4 is 29.4 Å². The number of urea groups is 1. The number of hydrogen-bond acceptors (Lipinski definition) is 3. The van der Waals surface area contributed by atoms with Crippen LogP contribution >= 0.6 is 23.4 Å². The molecule has 22 heavy (non-hydrogen) atoms. The molecule has 0 spiro atoms. The van der Waals surface area contributed by atoms with Crippen LogP contribution in [0.1, 0.15) is 19.8 Å². The SMILES string of the molecule is C[C@@H](O)[C@@H]1CCCN(C(=O)NCCSc2ccc(Cl)cc2)C1. The number of carbonyl (C=O) groups excluding carboxylic acids is 1. The number of piperidine rings is 1. The lowest BCUT2D eigenvalue weighted by atomic mass is 9.94. The number of aliphatic hydroxyl groups is 1. The van der Waals surface area contributed by atoms with Crippen LogP contribution in [0.25, 0.3) is 0 Å². The molecule has 0 radical (unpaired) electrons. The van der Waals surface area contributed by atoms with Crippen LogP contribution in [0.2, 0.25) is 5.02 Å². The molecule has 1 aromatic rings. The average Bonchev–Trinajstić information content (AvgIpc) is 2.53. The number of benzene rings is 1. The van der Waals surface area contributed by atoms with E-state index in [2.05, 4.69) is 5.32 Å². The van der Waals surface area contributed by atoms with Crippen molar-refractivity contribution in [1.29, 1.82) is 0 Å². The van der Waals surface area contributed by atoms with Gasteiger partial charge in [0.15, 0.2) is 0 Å². The Morgan fingerprint density at radius 1 is 1.50 bits per heavy atom. The van der Waals surface area contributed by atoms with Gasteiger partial charge in [-0.25, -0.2) is 4.79 Å². The first kappa shape index (κ1) is 17.4. The third kappa shape index (κ3) is 5.38. The van der Waals surface area contributed by atoms with Crippen LogP contribution in [0.15, 0.2) is 29.2 Å². The number of nitrogens with one attached hydrogen (secondary N) is 1. The monoisotopic (exact) mass is 342 g/mol. The molecular formula is C16H23ClN2O2S. The highest BCUT2D eigenvalue weighted by Crippen LogP contribution is 2.21. The van der Waals surface area contributed by atoms with Crippen LogP contribution in [-0.4, -0.2) is 47.5 Å². The van der Waals surface area contributed by atoms with Crippen molar-refractivity contribution in [2.24, 2.45) is 5.92 Å². The van der Waals surface area contributed by atoms with Crippen molar-refractivity contribution in [3.63, 3.8) is 0 Å². The van der Waals surface area contributed by atoms with Gasteiger partial charge in [0, 0.05) is 41.2 Å². The second kappa shape index (κ2) is 8.65. The molecule has 2 amide bonds. The summed E-state index contributed by atoms with van der Waals surface area (Å²) >= 11 is 7.54. The van der Waals surface area contributed by atoms with Crippen LogP contribution in [0.4, 0.5) is 4.79 Å². The summed E-state index contributed by atoms with van der Waals surface area (Å²) < 4.78 is 0. The van der Waals surface area contributed by atoms with E-state index >= 15 is 0 Å². The fraction of sp³-hybridized carbons (Fsp3) is 0.562. The summed E-state index contributed by atoms with van der Waals surface area (Å²) in [5.41, 5.74) is 0. The van der Waals surface area contributed by atoms with Gasteiger partial charge in [0.25, 0.3) is 0 Å². The van der Waals surface area contributed by atoms with Crippen LogP contribution in [-0.2, 0) is 0 Å². The van der Waals surface area contributed by atoms with Gasteiger partial charge >= 0.3 is 6.03 Å². The maximum Gasteiger partial charge on any atom is 0.317 e. The van der Waals surface area contributed by atoms with Crippen LogP contribution in [0.3, 0.4) is 0 Å². The first-order valence-corrected chi connectivity index (χ1v) is 9.02. The highest BCUT2D eigenvalue weighted by Gasteiger charge is 2.26. The third-order valence-corrected chi connectivity index (χ3v) is 5.15. The number of thioether (sulfide) groups is 1. The normalized spacial score (nSPS) is 19.8. The van der Waals surface area contributed by atoms with Crippen LogP contribution in [0, 0.1) is 5.92 Å². The summed E-state index contributed by atoms with van der Waals surface area (Å²) in [5, 5.41) is 13.3. The molecule has 2 rings (SSSR count). The summed E-state index contributed by atoms with van der Waals surface area (Å²) in [5.74, 6) is 1.02. The van der Waals surface area contributed by atoms with E-state index in [0.29, 0.717) is 13.1 Å². The Balaban J connectivity index is 1.68. The highest BCUT2D eigenvalue weighted by atomic mass is 35.5. The fourth-order valence-corrected chi connectivity index (χ4v) is 3.45. The number of amides is 2. The zero-order valence-electron chi connectivity index (χ0n) is 12.8. The van der Waals surface area contributed by atoms with E-state index in [4.69, 9.17) is 11.6 Å². The van der Waals surface area contributed by atoms with Crippen molar-refractivity contribution < 1.29 is 9.90 Å². The molecule has 1 aliphatic rings. The van der Waals surface area contributed by atoms with Gasteiger partial charge < -0.3 is 15.3 Å². The van der Waals surface area contributed by atoms with Crippen molar-refractivity contribution in [1.82, 2.24) is 10.2 Å². The summed E-state index contributed by atoms with van der Waals surface area (Å²) in [6, 6.07) is 7.67. The van der Waals surface area contributed by atoms with E-state index in [9.17, 15) is 9.90 Å². The quantitative estimate of drug-likeness (QED) is 0.638. The lowest BCUT2D eigenvalue weighted by Crippen LogP contribution is -2.47. The van der Waals surface area contributed by atoms with Crippen molar-refractivity contribution in [2.45, 2.75) is 30.8 Å². The number of halogens is 1. The molecule has 0 aromatic heterocycles. The van der Waals surface area contributed by atoms with E-state index in [1.54, 1.807) is 18.7 Å². The maximum atomic E-state index is 12.1. The van der Waals surface area contributed by atoms with E-state index in [1.165, 1.54) is 0 Å². The molecule has 2 atom stereocenters. The van der Waals surface area contributed by atoms with E-state index in [0.717, 1.165) is 35.1 Å². The smallest absolute Gasteiger partial charge is 0.317 e. The van der Waals surface area contributed by atoms with Gasteiger partial charge in [-0.05, 0) is 44.0 Å². The number of hydrogen-bond donors (Lipinski definition) is 2. The van der Waals surface area contributed by atoms with E-state index in [1.807, 2.05) is 29.2 Å². The number of likely N-dealkylation sites (tertiary alicyclic amines) is 1. The van der Waals surface area contributed by atoms with E-state index in [-0.39, 0.29) is 18.1 Å². The van der Waals surface area contributed by atoms with Gasteiger partial charge in [0.1, 0.15) is 0 Å². The summed E-state index contributed by atoms with van der Waals surface area (Å²) in [4.78, 5) is 15.1. The standard InChI is InChI=1S/C16H23ClN2O2S/c1-12(20)13-3-2-9-19(11-13)16(21)18-8-10-22-15-6-4-14(17)5-7-15/h4-7,12-13,20H,2-3,8-11H2,1H3,(H,18,21)/t12-,13-/m1/s1. The van der Waals surface area contributed by atoms with Gasteiger partial charge in [-0.2, -0.15) is 0 Å². The average molecular weight is 343 g/mol. The van der Waals surface area contributed by atoms with Gasteiger partial charge in [0.2, 0.25) is 0 Å². The third-order valence-electron chi connectivity index (χ3n) is 3.89. The van der Waals surface area contributed by atoms with Crippen molar-refractivity contribution in [2.75, 3.05) is 25.4 Å².